The average molecular weight is 456 g/mol. The van der Waals surface area contributed by atoms with E-state index in [0.717, 1.165) is 27.7 Å². The Labute approximate surface area is 190 Å². The van der Waals surface area contributed by atoms with Crippen LogP contribution in [0.4, 0.5) is 0 Å². The number of aromatic nitrogens is 4. The number of fused-ring (bicyclic) bond motifs is 1. The van der Waals surface area contributed by atoms with Crippen LogP contribution in [0, 0.1) is 6.92 Å². The number of aromatic amines is 1. The summed E-state index contributed by atoms with van der Waals surface area (Å²) < 4.78 is 13.2. The summed E-state index contributed by atoms with van der Waals surface area (Å²) in [6.07, 6.45) is 0. The fraction of sp³-hybridized carbons (Fsp3) is 0.261. The second-order valence-electron chi connectivity index (χ2n) is 7.38. The number of thioether (sulfide) groups is 1. The van der Waals surface area contributed by atoms with Gasteiger partial charge in [-0.2, -0.15) is 4.57 Å². The molecule has 0 atom stereocenters. The minimum atomic E-state index is 0.388. The third-order valence-electron chi connectivity index (χ3n) is 4.88. The number of hydrogen-bond donors (Lipinski definition) is 1. The normalized spacial score (nSPS) is 11.3. The minimum absolute atomic E-state index is 0.388. The number of aryl methyl sites for hydroxylation is 1. The van der Waals surface area contributed by atoms with Crippen LogP contribution in [0.1, 0.15) is 19.5 Å². The zero-order valence-electron chi connectivity index (χ0n) is 18.1. The molecule has 0 unspecified atom stereocenters. The standard InChI is InChI=1S/C23H24ClN4O2S/c1-13(2)31-23-25-22(26-27-23)28-14(3)10-16-11-19(29-4)20(30-5)12-18(16)21(28)15-6-8-17(24)9-7-15/h6-13H,1-5H3,(H,25,26,27)/q+1. The van der Waals surface area contributed by atoms with Crippen molar-refractivity contribution in [2.75, 3.05) is 14.2 Å². The summed E-state index contributed by atoms with van der Waals surface area (Å²) in [5.41, 5.74) is 2.96. The molecule has 0 bridgehead atoms. The molecule has 0 aliphatic heterocycles. The van der Waals surface area contributed by atoms with Crippen molar-refractivity contribution < 1.29 is 14.0 Å². The molecule has 8 heteroatoms. The summed E-state index contributed by atoms with van der Waals surface area (Å²) in [4.78, 5) is 4.75. The van der Waals surface area contributed by atoms with Crippen LogP contribution in [0.5, 0.6) is 11.5 Å². The van der Waals surface area contributed by atoms with Crippen LogP contribution >= 0.6 is 23.4 Å². The molecular formula is C23H24ClN4O2S+. The fourth-order valence-corrected chi connectivity index (χ4v) is 4.36. The van der Waals surface area contributed by atoms with Crippen molar-refractivity contribution in [3.05, 3.63) is 53.2 Å². The van der Waals surface area contributed by atoms with E-state index in [1.165, 1.54) is 0 Å². The van der Waals surface area contributed by atoms with Crippen molar-refractivity contribution in [1.82, 2.24) is 15.2 Å². The summed E-state index contributed by atoms with van der Waals surface area (Å²) in [6, 6.07) is 13.9. The Bertz CT molecular complexity index is 1240. The van der Waals surface area contributed by atoms with Crippen LogP contribution < -0.4 is 14.0 Å². The van der Waals surface area contributed by atoms with Crippen molar-refractivity contribution >= 4 is 34.1 Å². The summed E-state index contributed by atoms with van der Waals surface area (Å²) >= 11 is 7.79. The van der Waals surface area contributed by atoms with Crippen molar-refractivity contribution in [3.8, 4) is 28.7 Å². The third kappa shape index (κ3) is 4.20. The monoisotopic (exact) mass is 455 g/mol. The second kappa shape index (κ2) is 8.77. The van der Waals surface area contributed by atoms with Crippen LogP contribution in [0.25, 0.3) is 28.0 Å². The summed E-state index contributed by atoms with van der Waals surface area (Å²) in [5, 5.41) is 11.3. The quantitative estimate of drug-likeness (QED) is 0.312. The topological polar surface area (TPSA) is 63.9 Å². The minimum Gasteiger partial charge on any atom is -0.493 e. The summed E-state index contributed by atoms with van der Waals surface area (Å²) in [6.45, 7) is 6.29. The molecule has 2 aromatic carbocycles. The van der Waals surface area contributed by atoms with Gasteiger partial charge in [0.1, 0.15) is 5.69 Å². The molecule has 4 aromatic rings. The Kier molecular flexibility index (Phi) is 6.07. The number of pyridine rings is 1. The summed E-state index contributed by atoms with van der Waals surface area (Å²) in [5.74, 6) is 2.00. The van der Waals surface area contributed by atoms with Crippen molar-refractivity contribution in [1.29, 1.82) is 0 Å². The Morgan fingerprint density at radius 2 is 1.71 bits per heavy atom. The molecule has 0 saturated heterocycles. The highest BCUT2D eigenvalue weighted by Gasteiger charge is 2.25. The third-order valence-corrected chi connectivity index (χ3v) is 5.99. The van der Waals surface area contributed by atoms with E-state index < -0.39 is 0 Å². The molecule has 0 fully saturated rings. The number of H-pyrrole nitrogens is 1. The van der Waals surface area contributed by atoms with Crippen LogP contribution in [0.3, 0.4) is 0 Å². The smallest absolute Gasteiger partial charge is 0.423 e. The molecule has 0 amide bonds. The number of hydrogen-bond acceptors (Lipinski definition) is 5. The Morgan fingerprint density at radius 3 is 2.35 bits per heavy atom. The number of rotatable bonds is 6. The lowest BCUT2D eigenvalue weighted by Crippen LogP contribution is -2.38. The number of nitrogens with one attached hydrogen (secondary N) is 1. The van der Waals surface area contributed by atoms with Crippen LogP contribution in [-0.4, -0.2) is 34.7 Å². The molecule has 0 spiro atoms. The van der Waals surface area contributed by atoms with Crippen LogP contribution in [0.2, 0.25) is 5.02 Å². The van der Waals surface area contributed by atoms with E-state index in [-0.39, 0.29) is 0 Å². The lowest BCUT2D eigenvalue weighted by molar-refractivity contribution is -0.597. The van der Waals surface area contributed by atoms with Gasteiger partial charge >= 0.3 is 5.95 Å². The number of methoxy groups -OCH3 is 2. The van der Waals surface area contributed by atoms with E-state index in [1.807, 2.05) is 43.3 Å². The van der Waals surface area contributed by atoms with E-state index in [1.54, 1.807) is 26.0 Å². The van der Waals surface area contributed by atoms with Gasteiger partial charge in [-0.15, -0.1) is 5.10 Å². The van der Waals surface area contributed by atoms with Gasteiger partial charge in [0.05, 0.1) is 19.9 Å². The van der Waals surface area contributed by atoms with Crippen LogP contribution in [0.15, 0.2) is 47.6 Å². The maximum absolute atomic E-state index is 6.17. The molecule has 160 valence electrons. The summed E-state index contributed by atoms with van der Waals surface area (Å²) in [7, 11) is 3.28. The molecule has 4 rings (SSSR count). The van der Waals surface area contributed by atoms with E-state index in [0.29, 0.717) is 32.9 Å². The van der Waals surface area contributed by atoms with Gasteiger partial charge in [-0.25, -0.2) is 0 Å². The molecule has 2 heterocycles. The van der Waals surface area contributed by atoms with Crippen molar-refractivity contribution in [2.45, 2.75) is 31.2 Å². The molecule has 0 radical (unpaired) electrons. The molecule has 1 N–H and O–H groups in total. The SMILES string of the molecule is COc1cc2cc(C)[n+](-c3nc(SC(C)C)n[nH]3)c(-c3ccc(Cl)cc3)c2cc1OC. The zero-order valence-corrected chi connectivity index (χ0v) is 19.6. The van der Waals surface area contributed by atoms with Gasteiger partial charge in [-0.3, -0.25) is 0 Å². The van der Waals surface area contributed by atoms with E-state index in [2.05, 4.69) is 34.7 Å². The largest absolute Gasteiger partial charge is 0.493 e. The van der Waals surface area contributed by atoms with E-state index >= 15 is 0 Å². The van der Waals surface area contributed by atoms with Gasteiger partial charge in [0.2, 0.25) is 0 Å². The zero-order chi connectivity index (χ0) is 22.1. The molecular weight excluding hydrogens is 432 g/mol. The Balaban J connectivity index is 2.04. The van der Waals surface area contributed by atoms with Gasteiger partial charge in [-0.1, -0.05) is 42.3 Å². The Hall–Kier alpha value is -2.77. The molecule has 0 saturated carbocycles. The van der Waals surface area contributed by atoms with E-state index in [4.69, 9.17) is 26.1 Å². The highest BCUT2D eigenvalue weighted by atomic mass is 35.5. The first-order valence-electron chi connectivity index (χ1n) is 9.88. The van der Waals surface area contributed by atoms with E-state index in [9.17, 15) is 0 Å². The second-order valence-corrected chi connectivity index (χ2v) is 9.36. The molecule has 0 aliphatic carbocycles. The molecule has 6 nitrogen and oxygen atoms in total. The number of ether oxygens (including phenoxy) is 2. The number of benzene rings is 2. The number of nitrogens with zero attached hydrogens (tertiary/aromatic N) is 3. The van der Waals surface area contributed by atoms with Gasteiger partial charge < -0.3 is 9.47 Å². The van der Waals surface area contributed by atoms with Crippen molar-refractivity contribution in [3.63, 3.8) is 0 Å². The highest BCUT2D eigenvalue weighted by molar-refractivity contribution is 7.99. The lowest BCUT2D eigenvalue weighted by atomic mass is 10.0. The Morgan fingerprint density at radius 1 is 1.03 bits per heavy atom. The van der Waals surface area contributed by atoms with Gasteiger partial charge in [0.15, 0.2) is 11.5 Å². The fourth-order valence-electron chi connectivity index (χ4n) is 3.57. The predicted octanol–water partition coefficient (Wildman–Crippen LogP) is 5.38. The van der Waals surface area contributed by atoms with Crippen molar-refractivity contribution in [2.24, 2.45) is 0 Å². The van der Waals surface area contributed by atoms with Gasteiger partial charge in [0, 0.05) is 21.2 Å². The first-order valence-corrected chi connectivity index (χ1v) is 11.1. The molecule has 31 heavy (non-hydrogen) atoms. The number of halogens is 1. The average Bonchev–Trinajstić information content (AvgIpc) is 3.19. The maximum atomic E-state index is 6.17. The lowest BCUT2D eigenvalue weighted by Gasteiger charge is -2.15. The highest BCUT2D eigenvalue weighted by Crippen LogP contribution is 2.36. The first-order chi connectivity index (χ1) is 14.9. The molecule has 0 aliphatic rings. The molecule has 2 aromatic heterocycles. The first kappa shape index (κ1) is 21.5. The van der Waals surface area contributed by atoms with Gasteiger partial charge in [0.25, 0.3) is 5.16 Å². The predicted molar refractivity (Wildman–Crippen MR) is 125 cm³/mol. The van der Waals surface area contributed by atoms with Gasteiger partial charge in [-0.05, 0) is 59.8 Å². The van der Waals surface area contributed by atoms with Crippen LogP contribution in [-0.2, 0) is 0 Å². The maximum Gasteiger partial charge on any atom is 0.423 e.